The molecular weight excluding hydrogens is 258 g/mol. The highest BCUT2D eigenvalue weighted by Gasteiger charge is 2.18. The van der Waals surface area contributed by atoms with Gasteiger partial charge in [-0.1, -0.05) is 36.4 Å². The minimum absolute atomic E-state index is 0.660. The van der Waals surface area contributed by atoms with Crippen LogP contribution in [0.15, 0.2) is 48.5 Å². The zero-order chi connectivity index (χ0) is 14.5. The van der Waals surface area contributed by atoms with E-state index >= 15 is 0 Å². The van der Waals surface area contributed by atoms with E-state index in [1.807, 2.05) is 12.1 Å². The molecule has 0 aliphatic heterocycles. The normalized spacial score (nSPS) is 17.3. The van der Waals surface area contributed by atoms with Gasteiger partial charge in [0.15, 0.2) is 0 Å². The molecule has 2 aromatic rings. The maximum absolute atomic E-state index is 5.19. The van der Waals surface area contributed by atoms with E-state index in [9.17, 15) is 0 Å². The van der Waals surface area contributed by atoms with Crippen LogP contribution in [0.3, 0.4) is 0 Å². The molecule has 0 spiro atoms. The molecule has 0 radical (unpaired) electrons. The van der Waals surface area contributed by atoms with E-state index in [4.69, 9.17) is 4.74 Å². The summed E-state index contributed by atoms with van der Waals surface area (Å²) in [6.45, 7) is 1.98. The Morgan fingerprint density at radius 3 is 2.71 bits per heavy atom. The van der Waals surface area contributed by atoms with Gasteiger partial charge >= 0.3 is 0 Å². The zero-order valence-corrected chi connectivity index (χ0v) is 12.6. The first-order valence-corrected chi connectivity index (χ1v) is 7.78. The minimum atomic E-state index is 0.660. The topological polar surface area (TPSA) is 21.3 Å². The Balaban J connectivity index is 1.56. The molecule has 0 saturated heterocycles. The van der Waals surface area contributed by atoms with E-state index < -0.39 is 0 Å². The van der Waals surface area contributed by atoms with Gasteiger partial charge in [0.05, 0.1) is 7.11 Å². The first-order valence-electron chi connectivity index (χ1n) is 7.78. The summed E-state index contributed by atoms with van der Waals surface area (Å²) in [5.41, 5.74) is 4.39. The van der Waals surface area contributed by atoms with Crippen LogP contribution in [-0.4, -0.2) is 13.7 Å². The fraction of sp³-hybridized carbons (Fsp3) is 0.368. The molecule has 0 amide bonds. The Hall–Kier alpha value is -1.80. The molecule has 3 rings (SSSR count). The van der Waals surface area contributed by atoms with Crippen molar-refractivity contribution in [2.45, 2.75) is 31.7 Å². The van der Waals surface area contributed by atoms with Gasteiger partial charge in [0.25, 0.3) is 0 Å². The molecule has 0 bridgehead atoms. The molecular formula is C19H23NO. The number of hydrogen-bond acceptors (Lipinski definition) is 2. The lowest BCUT2D eigenvalue weighted by Gasteiger charge is -2.25. The highest BCUT2D eigenvalue weighted by molar-refractivity contribution is 5.33. The molecule has 110 valence electrons. The highest BCUT2D eigenvalue weighted by atomic mass is 16.5. The SMILES string of the molecule is COc1ccc(CNCC2CCCc3ccccc32)cc1. The predicted molar refractivity (Wildman–Crippen MR) is 86.8 cm³/mol. The molecule has 1 N–H and O–H groups in total. The summed E-state index contributed by atoms with van der Waals surface area (Å²) in [5, 5.41) is 3.61. The number of rotatable bonds is 5. The summed E-state index contributed by atoms with van der Waals surface area (Å²) in [7, 11) is 1.70. The number of benzene rings is 2. The summed E-state index contributed by atoms with van der Waals surface area (Å²) < 4.78 is 5.19. The van der Waals surface area contributed by atoms with Crippen LogP contribution in [0, 0.1) is 0 Å². The third kappa shape index (κ3) is 3.45. The lowest BCUT2D eigenvalue weighted by molar-refractivity contribution is 0.414. The van der Waals surface area contributed by atoms with Crippen molar-refractivity contribution in [3.8, 4) is 5.75 Å². The van der Waals surface area contributed by atoms with Gasteiger partial charge in [-0.3, -0.25) is 0 Å². The standard InChI is InChI=1S/C19H23NO/c1-21-18-11-9-15(10-12-18)13-20-14-17-7-4-6-16-5-2-3-8-19(16)17/h2-3,5,8-12,17,20H,4,6-7,13-14H2,1H3. The van der Waals surface area contributed by atoms with Crippen LogP contribution in [0.5, 0.6) is 5.75 Å². The Kier molecular flexibility index (Phi) is 4.56. The molecule has 0 heterocycles. The first kappa shape index (κ1) is 14.2. The molecule has 1 unspecified atom stereocenters. The maximum atomic E-state index is 5.19. The number of methoxy groups -OCH3 is 1. The monoisotopic (exact) mass is 281 g/mol. The van der Waals surface area contributed by atoms with Gasteiger partial charge in [0.2, 0.25) is 0 Å². The van der Waals surface area contributed by atoms with Crippen LogP contribution in [0.25, 0.3) is 0 Å². The average Bonchev–Trinajstić information content (AvgIpc) is 2.56. The fourth-order valence-electron chi connectivity index (χ4n) is 3.20. The number of hydrogen-bond donors (Lipinski definition) is 1. The minimum Gasteiger partial charge on any atom is -0.497 e. The van der Waals surface area contributed by atoms with Crippen molar-refractivity contribution in [3.63, 3.8) is 0 Å². The van der Waals surface area contributed by atoms with Crippen molar-refractivity contribution >= 4 is 0 Å². The van der Waals surface area contributed by atoms with Gasteiger partial charge in [0.1, 0.15) is 5.75 Å². The smallest absolute Gasteiger partial charge is 0.118 e. The molecule has 1 aliphatic carbocycles. The van der Waals surface area contributed by atoms with E-state index in [1.165, 1.54) is 24.8 Å². The van der Waals surface area contributed by atoms with Crippen LogP contribution < -0.4 is 10.1 Å². The summed E-state index contributed by atoms with van der Waals surface area (Å²) in [6, 6.07) is 17.2. The van der Waals surface area contributed by atoms with Gasteiger partial charge in [-0.05, 0) is 54.0 Å². The lowest BCUT2D eigenvalue weighted by atomic mass is 9.83. The molecule has 0 aromatic heterocycles. The Bertz CT molecular complexity index is 576. The van der Waals surface area contributed by atoms with E-state index in [0.717, 1.165) is 18.8 Å². The van der Waals surface area contributed by atoms with Gasteiger partial charge in [-0.25, -0.2) is 0 Å². The van der Waals surface area contributed by atoms with Crippen LogP contribution in [0.4, 0.5) is 0 Å². The lowest BCUT2D eigenvalue weighted by Crippen LogP contribution is -2.24. The van der Waals surface area contributed by atoms with E-state index in [1.54, 1.807) is 18.2 Å². The summed E-state index contributed by atoms with van der Waals surface area (Å²) in [4.78, 5) is 0. The van der Waals surface area contributed by atoms with E-state index in [-0.39, 0.29) is 0 Å². The molecule has 1 aliphatic rings. The first-order chi connectivity index (χ1) is 10.4. The summed E-state index contributed by atoms with van der Waals surface area (Å²) in [6.07, 6.45) is 3.85. The third-order valence-corrected chi connectivity index (χ3v) is 4.37. The number of nitrogens with one attached hydrogen (secondary N) is 1. The second-order valence-electron chi connectivity index (χ2n) is 5.77. The van der Waals surface area contributed by atoms with Crippen LogP contribution in [-0.2, 0) is 13.0 Å². The van der Waals surface area contributed by atoms with Crippen molar-refractivity contribution in [2.75, 3.05) is 13.7 Å². The summed E-state index contributed by atoms with van der Waals surface area (Å²) >= 11 is 0. The molecule has 1 atom stereocenters. The van der Waals surface area contributed by atoms with E-state index in [2.05, 4.69) is 41.7 Å². The number of ether oxygens (including phenoxy) is 1. The van der Waals surface area contributed by atoms with E-state index in [0.29, 0.717) is 5.92 Å². The Labute approximate surface area is 127 Å². The zero-order valence-electron chi connectivity index (χ0n) is 12.6. The van der Waals surface area contributed by atoms with Crippen molar-refractivity contribution in [2.24, 2.45) is 0 Å². The van der Waals surface area contributed by atoms with Crippen molar-refractivity contribution in [3.05, 3.63) is 65.2 Å². The maximum Gasteiger partial charge on any atom is 0.118 e. The molecule has 0 saturated carbocycles. The van der Waals surface area contributed by atoms with Gasteiger partial charge in [-0.2, -0.15) is 0 Å². The molecule has 2 heteroatoms. The Morgan fingerprint density at radius 2 is 1.90 bits per heavy atom. The molecule has 2 aromatic carbocycles. The Morgan fingerprint density at radius 1 is 1.10 bits per heavy atom. The van der Waals surface area contributed by atoms with Gasteiger partial charge in [-0.15, -0.1) is 0 Å². The van der Waals surface area contributed by atoms with Crippen molar-refractivity contribution in [1.82, 2.24) is 5.32 Å². The van der Waals surface area contributed by atoms with Crippen molar-refractivity contribution < 1.29 is 4.74 Å². The van der Waals surface area contributed by atoms with Crippen LogP contribution >= 0.6 is 0 Å². The average molecular weight is 281 g/mol. The molecule has 0 fully saturated rings. The third-order valence-electron chi connectivity index (χ3n) is 4.37. The molecule has 21 heavy (non-hydrogen) atoms. The van der Waals surface area contributed by atoms with Gasteiger partial charge < -0.3 is 10.1 Å². The quantitative estimate of drug-likeness (QED) is 0.897. The summed E-state index contributed by atoms with van der Waals surface area (Å²) in [5.74, 6) is 1.58. The number of aryl methyl sites for hydroxylation is 1. The highest BCUT2D eigenvalue weighted by Crippen LogP contribution is 2.30. The van der Waals surface area contributed by atoms with Gasteiger partial charge in [0, 0.05) is 13.1 Å². The second-order valence-corrected chi connectivity index (χ2v) is 5.77. The largest absolute Gasteiger partial charge is 0.497 e. The number of fused-ring (bicyclic) bond motifs is 1. The second kappa shape index (κ2) is 6.77. The van der Waals surface area contributed by atoms with Crippen LogP contribution in [0.2, 0.25) is 0 Å². The van der Waals surface area contributed by atoms with Crippen LogP contribution in [0.1, 0.15) is 35.4 Å². The molecule has 2 nitrogen and oxygen atoms in total. The predicted octanol–water partition coefficient (Wildman–Crippen LogP) is 3.90. The van der Waals surface area contributed by atoms with Crippen molar-refractivity contribution in [1.29, 1.82) is 0 Å². The fourth-order valence-corrected chi connectivity index (χ4v) is 3.20.